The van der Waals surface area contributed by atoms with Crippen molar-refractivity contribution < 1.29 is 4.74 Å². The van der Waals surface area contributed by atoms with Gasteiger partial charge in [-0.2, -0.15) is 0 Å². The zero-order valence-electron chi connectivity index (χ0n) is 18.3. The highest BCUT2D eigenvalue weighted by atomic mass is 16.5. The molecule has 1 saturated heterocycles. The maximum atomic E-state index is 6.77. The summed E-state index contributed by atoms with van der Waals surface area (Å²) in [5.41, 5.74) is 5.00. The lowest BCUT2D eigenvalue weighted by molar-refractivity contribution is -0.0275. The van der Waals surface area contributed by atoms with E-state index >= 15 is 0 Å². The van der Waals surface area contributed by atoms with Gasteiger partial charge < -0.3 is 14.2 Å². The summed E-state index contributed by atoms with van der Waals surface area (Å²) in [5, 5.41) is 0. The van der Waals surface area contributed by atoms with Crippen LogP contribution >= 0.6 is 0 Å². The van der Waals surface area contributed by atoms with Crippen LogP contribution in [0.4, 0.5) is 0 Å². The second kappa shape index (κ2) is 9.21. The molecule has 0 radical (unpaired) electrons. The monoisotopic (exact) mass is 413 g/mol. The number of benzene rings is 2. The van der Waals surface area contributed by atoms with Crippen molar-refractivity contribution in [3.63, 3.8) is 0 Å². The van der Waals surface area contributed by atoms with Crippen LogP contribution in [-0.2, 0) is 24.1 Å². The molecular formula is C27H31N3O. The number of hydrogen-bond acceptors (Lipinski definition) is 3. The predicted octanol–water partition coefficient (Wildman–Crippen LogP) is 4.90. The first-order chi connectivity index (χ1) is 15.3. The minimum absolute atomic E-state index is 0.0941. The SMILES string of the molecule is CN1CCC(OC2c3ccccc3CCn3cc(C=CCc4ccccc4)nc32)CC1. The first kappa shape index (κ1) is 20.2. The number of aromatic nitrogens is 2. The number of ether oxygens (including phenoxy) is 1. The van der Waals surface area contributed by atoms with E-state index in [4.69, 9.17) is 9.72 Å². The van der Waals surface area contributed by atoms with Gasteiger partial charge in [0.25, 0.3) is 0 Å². The van der Waals surface area contributed by atoms with E-state index in [0.29, 0.717) is 0 Å². The van der Waals surface area contributed by atoms with Crippen LogP contribution in [0.2, 0.25) is 0 Å². The predicted molar refractivity (Wildman–Crippen MR) is 125 cm³/mol. The fourth-order valence-corrected chi connectivity index (χ4v) is 4.69. The average molecular weight is 414 g/mol. The van der Waals surface area contributed by atoms with Crippen LogP contribution in [0.15, 0.2) is 66.9 Å². The molecule has 1 fully saturated rings. The van der Waals surface area contributed by atoms with Gasteiger partial charge in [-0.15, -0.1) is 0 Å². The number of likely N-dealkylation sites (tertiary alicyclic amines) is 1. The van der Waals surface area contributed by atoms with Crippen LogP contribution in [0.1, 0.15) is 47.2 Å². The second-order valence-corrected chi connectivity index (χ2v) is 8.78. The fourth-order valence-electron chi connectivity index (χ4n) is 4.69. The van der Waals surface area contributed by atoms with Gasteiger partial charge in [-0.05, 0) is 55.5 Å². The zero-order valence-corrected chi connectivity index (χ0v) is 18.3. The number of imidazole rings is 1. The van der Waals surface area contributed by atoms with Crippen molar-refractivity contribution in [2.24, 2.45) is 0 Å². The van der Waals surface area contributed by atoms with E-state index < -0.39 is 0 Å². The van der Waals surface area contributed by atoms with Gasteiger partial charge in [0, 0.05) is 25.8 Å². The molecule has 4 heteroatoms. The molecule has 4 nitrogen and oxygen atoms in total. The average Bonchev–Trinajstić information content (AvgIpc) is 3.15. The Kier molecular flexibility index (Phi) is 6.01. The highest BCUT2D eigenvalue weighted by molar-refractivity contribution is 5.46. The third kappa shape index (κ3) is 4.65. The Balaban J connectivity index is 1.40. The molecule has 1 aromatic heterocycles. The first-order valence-corrected chi connectivity index (χ1v) is 11.5. The van der Waals surface area contributed by atoms with E-state index in [9.17, 15) is 0 Å². The fraction of sp³-hybridized carbons (Fsp3) is 0.370. The Hall–Kier alpha value is -2.69. The second-order valence-electron chi connectivity index (χ2n) is 8.78. The number of allylic oxidation sites excluding steroid dienone is 1. The molecule has 0 N–H and O–H groups in total. The van der Waals surface area contributed by atoms with Crippen molar-refractivity contribution in [1.82, 2.24) is 14.5 Å². The Bertz CT molecular complexity index is 1030. The Morgan fingerprint density at radius 2 is 1.77 bits per heavy atom. The van der Waals surface area contributed by atoms with Gasteiger partial charge in [0.2, 0.25) is 0 Å². The molecule has 2 aliphatic rings. The van der Waals surface area contributed by atoms with Gasteiger partial charge in [-0.25, -0.2) is 4.98 Å². The zero-order chi connectivity index (χ0) is 21.0. The van der Waals surface area contributed by atoms with Crippen molar-refractivity contribution in [3.8, 4) is 0 Å². The minimum Gasteiger partial charge on any atom is -0.362 e. The summed E-state index contributed by atoms with van der Waals surface area (Å²) in [6, 6.07) is 19.3. The quantitative estimate of drug-likeness (QED) is 0.596. The number of nitrogens with zero attached hydrogens (tertiary/aromatic N) is 3. The summed E-state index contributed by atoms with van der Waals surface area (Å²) in [6.45, 7) is 3.14. The molecule has 1 unspecified atom stereocenters. The number of piperidine rings is 1. The number of aryl methyl sites for hydroxylation is 2. The lowest BCUT2D eigenvalue weighted by Gasteiger charge is -2.32. The first-order valence-electron chi connectivity index (χ1n) is 11.5. The maximum absolute atomic E-state index is 6.77. The molecular weight excluding hydrogens is 382 g/mol. The maximum Gasteiger partial charge on any atom is 0.143 e. The van der Waals surface area contributed by atoms with E-state index in [0.717, 1.165) is 56.8 Å². The van der Waals surface area contributed by atoms with Crippen LogP contribution in [0.5, 0.6) is 0 Å². The molecule has 31 heavy (non-hydrogen) atoms. The van der Waals surface area contributed by atoms with E-state index in [1.807, 2.05) is 0 Å². The van der Waals surface area contributed by atoms with Crippen LogP contribution in [0.25, 0.3) is 6.08 Å². The van der Waals surface area contributed by atoms with E-state index in [1.165, 1.54) is 16.7 Å². The molecule has 0 saturated carbocycles. The summed E-state index contributed by atoms with van der Waals surface area (Å²) in [4.78, 5) is 7.43. The molecule has 3 heterocycles. The standard InChI is InChI=1S/C27H31N3O/c1-29-17-15-24(16-18-29)31-26-25-13-6-5-11-22(25)14-19-30-20-23(28-27(26)30)12-7-10-21-8-3-2-4-9-21/h2-9,11-13,20,24,26H,10,14-19H2,1H3. The summed E-state index contributed by atoms with van der Waals surface area (Å²) in [5.74, 6) is 1.04. The molecule has 5 rings (SSSR count). The normalized spacial score (nSPS) is 19.8. The van der Waals surface area contributed by atoms with Crippen LogP contribution in [0.3, 0.4) is 0 Å². The van der Waals surface area contributed by atoms with Gasteiger partial charge in [-0.3, -0.25) is 0 Å². The largest absolute Gasteiger partial charge is 0.362 e. The lowest BCUT2D eigenvalue weighted by Crippen LogP contribution is -2.35. The van der Waals surface area contributed by atoms with Crippen molar-refractivity contribution in [2.75, 3.05) is 20.1 Å². The molecule has 0 aliphatic carbocycles. The van der Waals surface area contributed by atoms with Crippen LogP contribution in [0, 0.1) is 0 Å². The molecule has 1 atom stereocenters. The van der Waals surface area contributed by atoms with Crippen molar-refractivity contribution in [1.29, 1.82) is 0 Å². The van der Waals surface area contributed by atoms with Crippen molar-refractivity contribution in [2.45, 2.75) is 44.4 Å². The summed E-state index contributed by atoms with van der Waals surface area (Å²) in [6.07, 6.45) is 10.8. The van der Waals surface area contributed by atoms with Gasteiger partial charge in [0.15, 0.2) is 0 Å². The molecule has 2 aliphatic heterocycles. The van der Waals surface area contributed by atoms with Gasteiger partial charge in [-0.1, -0.05) is 60.7 Å². The molecule has 0 amide bonds. The molecule has 3 aromatic rings. The smallest absolute Gasteiger partial charge is 0.143 e. The van der Waals surface area contributed by atoms with E-state index in [-0.39, 0.29) is 12.2 Å². The van der Waals surface area contributed by atoms with Crippen molar-refractivity contribution in [3.05, 3.63) is 95.1 Å². The molecule has 2 aromatic carbocycles. The highest BCUT2D eigenvalue weighted by Gasteiger charge is 2.30. The summed E-state index contributed by atoms with van der Waals surface area (Å²) >= 11 is 0. The minimum atomic E-state index is -0.0941. The third-order valence-electron chi connectivity index (χ3n) is 6.50. The number of hydrogen-bond donors (Lipinski definition) is 0. The topological polar surface area (TPSA) is 30.3 Å². The third-order valence-corrected chi connectivity index (χ3v) is 6.50. The van der Waals surface area contributed by atoms with Gasteiger partial charge >= 0.3 is 0 Å². The molecule has 160 valence electrons. The molecule has 0 bridgehead atoms. The summed E-state index contributed by atoms with van der Waals surface area (Å²) in [7, 11) is 2.19. The van der Waals surface area contributed by atoms with E-state index in [1.54, 1.807) is 0 Å². The van der Waals surface area contributed by atoms with Crippen molar-refractivity contribution >= 4 is 6.08 Å². The number of fused-ring (bicyclic) bond motifs is 2. The van der Waals surface area contributed by atoms with Gasteiger partial charge in [0.1, 0.15) is 11.9 Å². The van der Waals surface area contributed by atoms with E-state index in [2.05, 4.69) is 89.5 Å². The van der Waals surface area contributed by atoms with Gasteiger partial charge in [0.05, 0.1) is 11.8 Å². The Morgan fingerprint density at radius 3 is 2.61 bits per heavy atom. The Labute approximate surface area is 185 Å². The number of rotatable bonds is 5. The Morgan fingerprint density at radius 1 is 1.00 bits per heavy atom. The molecule has 0 spiro atoms. The highest BCUT2D eigenvalue weighted by Crippen LogP contribution is 2.34. The van der Waals surface area contributed by atoms with Crippen LogP contribution < -0.4 is 0 Å². The summed E-state index contributed by atoms with van der Waals surface area (Å²) < 4.78 is 9.07. The lowest BCUT2D eigenvalue weighted by atomic mass is 10.00. The van der Waals surface area contributed by atoms with Crippen LogP contribution in [-0.4, -0.2) is 40.7 Å².